The van der Waals surface area contributed by atoms with E-state index in [-0.39, 0.29) is 6.61 Å². The molecule has 0 aromatic heterocycles. The number of esters is 1. The molecule has 144 valence electrons. The van der Waals surface area contributed by atoms with Gasteiger partial charge in [0, 0.05) is 17.9 Å². The van der Waals surface area contributed by atoms with E-state index in [4.69, 9.17) is 14.6 Å². The van der Waals surface area contributed by atoms with Gasteiger partial charge in [-0.05, 0) is 50.2 Å². The maximum absolute atomic E-state index is 12.4. The predicted molar refractivity (Wildman–Crippen MR) is 103 cm³/mol. The molecule has 0 saturated carbocycles. The molecule has 2 aromatic carbocycles. The van der Waals surface area contributed by atoms with Crippen LogP contribution in [0.1, 0.15) is 24.2 Å². The van der Waals surface area contributed by atoms with Gasteiger partial charge in [0.15, 0.2) is 6.10 Å². The molecule has 0 radical (unpaired) electrons. The summed E-state index contributed by atoms with van der Waals surface area (Å²) in [5.74, 6) is -0.347. The van der Waals surface area contributed by atoms with Gasteiger partial charge in [0.05, 0.1) is 18.8 Å². The zero-order chi connectivity index (χ0) is 19.6. The van der Waals surface area contributed by atoms with E-state index in [2.05, 4.69) is 10.6 Å². The average Bonchev–Trinajstić information content (AvgIpc) is 2.68. The van der Waals surface area contributed by atoms with E-state index in [1.807, 2.05) is 6.92 Å². The maximum Gasteiger partial charge on any atom is 0.341 e. The summed E-state index contributed by atoms with van der Waals surface area (Å²) in [7, 11) is 0. The fourth-order valence-corrected chi connectivity index (χ4v) is 2.33. The Kier molecular flexibility index (Phi) is 7.63. The molecule has 0 fully saturated rings. The second-order valence-electron chi connectivity index (χ2n) is 5.69. The standard InChI is InChI=1S/C20H24N2O5/c1-3-26-16-10-8-15(9-11-16)22-19(24)14(2)27-20(25)17-6-4-5-7-18(17)21-12-13-23/h4-11,14,21,23H,3,12-13H2,1-2H3,(H,22,24)/t14-/m1/s1. The number of hydrogen-bond acceptors (Lipinski definition) is 6. The van der Waals surface area contributed by atoms with Crippen LogP contribution in [-0.4, -0.2) is 42.8 Å². The highest BCUT2D eigenvalue weighted by Gasteiger charge is 2.20. The lowest BCUT2D eigenvalue weighted by molar-refractivity contribution is -0.123. The van der Waals surface area contributed by atoms with Crippen molar-refractivity contribution in [3.63, 3.8) is 0 Å². The van der Waals surface area contributed by atoms with Gasteiger partial charge >= 0.3 is 5.97 Å². The van der Waals surface area contributed by atoms with Gasteiger partial charge in [-0.1, -0.05) is 12.1 Å². The summed E-state index contributed by atoms with van der Waals surface area (Å²) in [5, 5.41) is 14.6. The molecule has 7 heteroatoms. The summed E-state index contributed by atoms with van der Waals surface area (Å²) in [5.41, 5.74) is 1.42. The Morgan fingerprint density at radius 1 is 1.11 bits per heavy atom. The van der Waals surface area contributed by atoms with E-state index in [0.717, 1.165) is 0 Å². The molecular formula is C20H24N2O5. The van der Waals surface area contributed by atoms with E-state index >= 15 is 0 Å². The van der Waals surface area contributed by atoms with Gasteiger partial charge in [-0.3, -0.25) is 4.79 Å². The first kappa shape index (κ1) is 20.3. The lowest BCUT2D eigenvalue weighted by atomic mass is 10.1. The molecule has 27 heavy (non-hydrogen) atoms. The van der Waals surface area contributed by atoms with Crippen molar-refractivity contribution in [1.82, 2.24) is 0 Å². The second-order valence-corrected chi connectivity index (χ2v) is 5.69. The molecule has 0 heterocycles. The van der Waals surface area contributed by atoms with Crippen LogP contribution in [0.25, 0.3) is 0 Å². The van der Waals surface area contributed by atoms with Gasteiger partial charge in [-0.15, -0.1) is 0 Å². The minimum atomic E-state index is -0.977. The number of nitrogens with one attached hydrogen (secondary N) is 2. The number of aliphatic hydroxyl groups is 1. The number of anilines is 2. The van der Waals surface area contributed by atoms with Crippen LogP contribution in [0, 0.1) is 0 Å². The molecule has 1 atom stereocenters. The van der Waals surface area contributed by atoms with Crippen molar-refractivity contribution in [3.8, 4) is 5.75 Å². The highest BCUT2D eigenvalue weighted by atomic mass is 16.5. The van der Waals surface area contributed by atoms with Gasteiger partial charge < -0.3 is 25.2 Å². The van der Waals surface area contributed by atoms with Crippen molar-refractivity contribution >= 4 is 23.3 Å². The number of amides is 1. The van der Waals surface area contributed by atoms with E-state index in [0.29, 0.717) is 35.8 Å². The molecule has 2 rings (SSSR count). The average molecular weight is 372 g/mol. The zero-order valence-corrected chi connectivity index (χ0v) is 15.4. The number of carbonyl (C=O) groups is 2. The summed E-state index contributed by atoms with van der Waals surface area (Å²) in [4.78, 5) is 24.7. The number of rotatable bonds is 9. The predicted octanol–water partition coefficient (Wildman–Crippen LogP) is 2.67. The van der Waals surface area contributed by atoms with Gasteiger partial charge in [0.25, 0.3) is 5.91 Å². The third-order valence-corrected chi connectivity index (χ3v) is 3.66. The Labute approximate surface area is 158 Å². The molecule has 3 N–H and O–H groups in total. The molecule has 0 saturated heterocycles. The van der Waals surface area contributed by atoms with Crippen molar-refractivity contribution in [2.75, 3.05) is 30.4 Å². The molecule has 0 unspecified atom stereocenters. The SMILES string of the molecule is CCOc1ccc(NC(=O)[C@@H](C)OC(=O)c2ccccc2NCCO)cc1. The monoisotopic (exact) mass is 372 g/mol. The first-order valence-corrected chi connectivity index (χ1v) is 8.73. The van der Waals surface area contributed by atoms with Crippen LogP contribution >= 0.6 is 0 Å². The quantitative estimate of drug-likeness (QED) is 0.586. The normalized spacial score (nSPS) is 11.4. The summed E-state index contributed by atoms with van der Waals surface area (Å²) < 4.78 is 10.6. The third-order valence-electron chi connectivity index (χ3n) is 3.66. The fourth-order valence-electron chi connectivity index (χ4n) is 2.33. The highest BCUT2D eigenvalue weighted by Crippen LogP contribution is 2.18. The molecule has 1 amide bonds. The summed E-state index contributed by atoms with van der Waals surface area (Å²) >= 11 is 0. The number of benzene rings is 2. The molecule has 0 spiro atoms. The summed E-state index contributed by atoms with van der Waals surface area (Å²) in [6.07, 6.45) is -0.977. The maximum atomic E-state index is 12.4. The molecule has 2 aromatic rings. The van der Waals surface area contributed by atoms with Gasteiger partial charge in [-0.2, -0.15) is 0 Å². The Morgan fingerprint density at radius 2 is 1.81 bits per heavy atom. The lowest BCUT2D eigenvalue weighted by Crippen LogP contribution is -2.30. The number of hydrogen-bond donors (Lipinski definition) is 3. The van der Waals surface area contributed by atoms with E-state index in [1.54, 1.807) is 48.5 Å². The van der Waals surface area contributed by atoms with Crippen LogP contribution in [0.2, 0.25) is 0 Å². The molecule has 0 aliphatic rings. The number of aliphatic hydroxyl groups excluding tert-OH is 1. The van der Waals surface area contributed by atoms with Crippen LogP contribution in [0.15, 0.2) is 48.5 Å². The Balaban J connectivity index is 1.96. The highest BCUT2D eigenvalue weighted by molar-refractivity contribution is 5.99. The van der Waals surface area contributed by atoms with Gasteiger partial charge in [-0.25, -0.2) is 4.79 Å². The van der Waals surface area contributed by atoms with Crippen molar-refractivity contribution in [2.24, 2.45) is 0 Å². The topological polar surface area (TPSA) is 96.9 Å². The summed E-state index contributed by atoms with van der Waals surface area (Å²) in [6.45, 7) is 4.20. The molecule has 0 bridgehead atoms. The van der Waals surface area contributed by atoms with Crippen molar-refractivity contribution in [1.29, 1.82) is 0 Å². The first-order valence-electron chi connectivity index (χ1n) is 8.73. The Hall–Kier alpha value is -3.06. The lowest BCUT2D eigenvalue weighted by Gasteiger charge is -2.15. The zero-order valence-electron chi connectivity index (χ0n) is 15.4. The van der Waals surface area contributed by atoms with E-state index in [9.17, 15) is 9.59 Å². The van der Waals surface area contributed by atoms with Crippen LogP contribution in [-0.2, 0) is 9.53 Å². The molecule has 0 aliphatic carbocycles. The minimum absolute atomic E-state index is 0.0652. The molecule has 0 aliphatic heterocycles. The Morgan fingerprint density at radius 3 is 2.48 bits per heavy atom. The van der Waals surface area contributed by atoms with Crippen LogP contribution in [0.4, 0.5) is 11.4 Å². The van der Waals surface area contributed by atoms with Crippen LogP contribution in [0.3, 0.4) is 0 Å². The van der Waals surface area contributed by atoms with Crippen LogP contribution < -0.4 is 15.4 Å². The molecular weight excluding hydrogens is 348 g/mol. The number of ether oxygens (including phenoxy) is 2. The van der Waals surface area contributed by atoms with Gasteiger partial charge in [0.1, 0.15) is 5.75 Å². The second kappa shape index (κ2) is 10.2. The van der Waals surface area contributed by atoms with Crippen LogP contribution in [0.5, 0.6) is 5.75 Å². The van der Waals surface area contributed by atoms with Crippen molar-refractivity contribution < 1.29 is 24.2 Å². The largest absolute Gasteiger partial charge is 0.494 e. The van der Waals surface area contributed by atoms with Crippen molar-refractivity contribution in [3.05, 3.63) is 54.1 Å². The minimum Gasteiger partial charge on any atom is -0.494 e. The smallest absolute Gasteiger partial charge is 0.341 e. The van der Waals surface area contributed by atoms with Crippen molar-refractivity contribution in [2.45, 2.75) is 20.0 Å². The first-order chi connectivity index (χ1) is 13.0. The third kappa shape index (κ3) is 6.00. The summed E-state index contributed by atoms with van der Waals surface area (Å²) in [6, 6.07) is 13.7. The number of carbonyl (C=O) groups excluding carboxylic acids is 2. The molecule has 7 nitrogen and oxygen atoms in total. The van der Waals surface area contributed by atoms with Gasteiger partial charge in [0.2, 0.25) is 0 Å². The van der Waals surface area contributed by atoms with E-state index < -0.39 is 18.0 Å². The Bertz CT molecular complexity index is 761. The fraction of sp³-hybridized carbons (Fsp3) is 0.300. The van der Waals surface area contributed by atoms with E-state index in [1.165, 1.54) is 6.92 Å². The number of para-hydroxylation sites is 1.